The first-order valence-corrected chi connectivity index (χ1v) is 6.82. The Labute approximate surface area is 104 Å². The molecular formula is C13H26N2O2. The van der Waals surface area contributed by atoms with E-state index in [4.69, 9.17) is 5.11 Å². The van der Waals surface area contributed by atoms with E-state index in [9.17, 15) is 4.79 Å². The predicted molar refractivity (Wildman–Crippen MR) is 69.2 cm³/mol. The lowest BCUT2D eigenvalue weighted by atomic mass is 10.1. The Morgan fingerprint density at radius 3 is 2.88 bits per heavy atom. The summed E-state index contributed by atoms with van der Waals surface area (Å²) in [6.07, 6.45) is 5.03. The van der Waals surface area contributed by atoms with Crippen molar-refractivity contribution in [2.24, 2.45) is 0 Å². The Bertz CT molecular complexity index is 227. The van der Waals surface area contributed by atoms with Crippen LogP contribution in [0.2, 0.25) is 0 Å². The first-order chi connectivity index (χ1) is 8.13. The topological polar surface area (TPSA) is 52.6 Å². The van der Waals surface area contributed by atoms with Crippen LogP contribution in [0.1, 0.15) is 46.0 Å². The molecule has 1 aliphatic heterocycles. The molecule has 1 fully saturated rings. The smallest absolute Gasteiger partial charge is 0.304 e. The number of carbonyl (C=O) groups is 1. The van der Waals surface area contributed by atoms with Crippen LogP contribution < -0.4 is 5.32 Å². The van der Waals surface area contributed by atoms with Crippen LogP contribution in [0.15, 0.2) is 0 Å². The number of carboxylic acid groups (broad SMARTS) is 1. The molecule has 0 spiro atoms. The number of aliphatic carboxylic acids is 1. The molecule has 4 heteroatoms. The molecule has 1 heterocycles. The molecular weight excluding hydrogens is 216 g/mol. The van der Waals surface area contributed by atoms with Crippen molar-refractivity contribution in [2.45, 2.75) is 58.0 Å². The number of rotatable bonds is 8. The van der Waals surface area contributed by atoms with Gasteiger partial charge in [0.1, 0.15) is 0 Å². The van der Waals surface area contributed by atoms with E-state index in [1.165, 1.54) is 12.8 Å². The molecule has 0 aromatic rings. The molecule has 2 N–H and O–H groups in total. The first-order valence-electron chi connectivity index (χ1n) is 6.82. The molecule has 1 aliphatic rings. The average molecular weight is 242 g/mol. The third-order valence-electron chi connectivity index (χ3n) is 3.51. The van der Waals surface area contributed by atoms with Gasteiger partial charge in [-0.25, -0.2) is 0 Å². The van der Waals surface area contributed by atoms with Crippen molar-refractivity contribution in [3.05, 3.63) is 0 Å². The molecule has 0 aliphatic carbocycles. The second kappa shape index (κ2) is 7.67. The third-order valence-corrected chi connectivity index (χ3v) is 3.51. The molecule has 100 valence electrons. The van der Waals surface area contributed by atoms with Crippen LogP contribution in [0, 0.1) is 0 Å². The molecule has 1 rings (SSSR count). The van der Waals surface area contributed by atoms with E-state index < -0.39 is 5.97 Å². The fourth-order valence-electron chi connectivity index (χ4n) is 2.43. The largest absolute Gasteiger partial charge is 0.481 e. The van der Waals surface area contributed by atoms with Gasteiger partial charge in [-0.05, 0) is 39.3 Å². The Hall–Kier alpha value is -0.610. The van der Waals surface area contributed by atoms with Gasteiger partial charge in [0.25, 0.3) is 0 Å². The number of nitrogens with one attached hydrogen (secondary N) is 1. The summed E-state index contributed by atoms with van der Waals surface area (Å²) in [4.78, 5) is 13.1. The Morgan fingerprint density at radius 1 is 1.59 bits per heavy atom. The van der Waals surface area contributed by atoms with Crippen molar-refractivity contribution < 1.29 is 9.90 Å². The van der Waals surface area contributed by atoms with Gasteiger partial charge < -0.3 is 10.4 Å². The lowest BCUT2D eigenvalue weighted by Crippen LogP contribution is -2.43. The zero-order valence-corrected chi connectivity index (χ0v) is 11.1. The summed E-state index contributed by atoms with van der Waals surface area (Å²) in [5.41, 5.74) is 0. The molecule has 0 saturated carbocycles. The van der Waals surface area contributed by atoms with Crippen molar-refractivity contribution in [3.63, 3.8) is 0 Å². The van der Waals surface area contributed by atoms with Crippen LogP contribution in [-0.4, -0.2) is 47.7 Å². The molecule has 2 unspecified atom stereocenters. The minimum absolute atomic E-state index is 0.140. The highest BCUT2D eigenvalue weighted by molar-refractivity contribution is 5.67. The maximum Gasteiger partial charge on any atom is 0.304 e. The van der Waals surface area contributed by atoms with E-state index >= 15 is 0 Å². The van der Waals surface area contributed by atoms with Crippen molar-refractivity contribution in [1.82, 2.24) is 10.2 Å². The van der Waals surface area contributed by atoms with Crippen LogP contribution in [0.4, 0.5) is 0 Å². The fourth-order valence-corrected chi connectivity index (χ4v) is 2.43. The number of carboxylic acids is 1. The molecule has 0 amide bonds. The highest BCUT2D eigenvalue weighted by Gasteiger charge is 2.22. The fraction of sp³-hybridized carbons (Fsp3) is 0.923. The molecule has 0 aromatic heterocycles. The van der Waals surface area contributed by atoms with Gasteiger partial charge in [0.05, 0.1) is 6.42 Å². The van der Waals surface area contributed by atoms with Crippen LogP contribution in [0.25, 0.3) is 0 Å². The van der Waals surface area contributed by atoms with Crippen molar-refractivity contribution in [2.75, 3.05) is 19.6 Å². The van der Waals surface area contributed by atoms with Crippen LogP contribution in [-0.2, 0) is 4.79 Å². The van der Waals surface area contributed by atoms with Crippen molar-refractivity contribution >= 4 is 5.97 Å². The predicted octanol–water partition coefficient (Wildman–Crippen LogP) is 1.70. The molecule has 2 atom stereocenters. The summed E-state index contributed by atoms with van der Waals surface area (Å²) < 4.78 is 0. The van der Waals surface area contributed by atoms with Crippen molar-refractivity contribution in [3.8, 4) is 0 Å². The summed E-state index contributed by atoms with van der Waals surface area (Å²) in [6, 6.07) is 0.699. The zero-order valence-electron chi connectivity index (χ0n) is 11.1. The quantitative estimate of drug-likeness (QED) is 0.680. The minimum Gasteiger partial charge on any atom is -0.481 e. The number of unbranched alkanes of at least 4 members (excludes halogenated alkanes) is 1. The summed E-state index contributed by atoms with van der Waals surface area (Å²) in [5.74, 6) is -0.696. The lowest BCUT2D eigenvalue weighted by molar-refractivity contribution is -0.138. The number of hydrogen-bond acceptors (Lipinski definition) is 3. The molecule has 0 radical (unpaired) electrons. The summed E-state index contributed by atoms with van der Waals surface area (Å²) >= 11 is 0. The second-order valence-corrected chi connectivity index (χ2v) is 5.09. The average Bonchev–Trinajstić information content (AvgIpc) is 2.75. The van der Waals surface area contributed by atoms with Crippen LogP contribution >= 0.6 is 0 Å². The van der Waals surface area contributed by atoms with Crippen LogP contribution in [0.5, 0.6) is 0 Å². The van der Waals surface area contributed by atoms with Gasteiger partial charge in [0.2, 0.25) is 0 Å². The van der Waals surface area contributed by atoms with Gasteiger partial charge >= 0.3 is 5.97 Å². The summed E-state index contributed by atoms with van der Waals surface area (Å²) in [7, 11) is 0. The highest BCUT2D eigenvalue weighted by atomic mass is 16.4. The lowest BCUT2D eigenvalue weighted by Gasteiger charge is -2.30. The van der Waals surface area contributed by atoms with Gasteiger partial charge in [0.15, 0.2) is 0 Å². The van der Waals surface area contributed by atoms with E-state index in [0.29, 0.717) is 6.04 Å². The Kier molecular flexibility index (Phi) is 6.52. The van der Waals surface area contributed by atoms with Gasteiger partial charge in [-0.15, -0.1) is 0 Å². The maximum atomic E-state index is 10.8. The first kappa shape index (κ1) is 14.5. The zero-order chi connectivity index (χ0) is 12.7. The molecule has 17 heavy (non-hydrogen) atoms. The minimum atomic E-state index is -0.696. The molecule has 0 aromatic carbocycles. The normalized spacial score (nSPS) is 21.9. The standard InChI is InChI=1S/C13H26N2O2/c1-3-4-8-15(11(2)9-13(16)17)10-12-6-5-7-14-12/h11-12,14H,3-10H2,1-2H3,(H,16,17). The number of hydrogen-bond donors (Lipinski definition) is 2. The summed E-state index contributed by atoms with van der Waals surface area (Å²) in [5, 5.41) is 12.4. The van der Waals surface area contributed by atoms with E-state index in [1.807, 2.05) is 6.92 Å². The third kappa shape index (κ3) is 5.50. The number of nitrogens with zero attached hydrogens (tertiary/aromatic N) is 1. The van der Waals surface area contributed by atoms with E-state index in [2.05, 4.69) is 17.1 Å². The maximum absolute atomic E-state index is 10.8. The Balaban J connectivity index is 2.42. The van der Waals surface area contributed by atoms with Crippen molar-refractivity contribution in [1.29, 1.82) is 0 Å². The van der Waals surface area contributed by atoms with Gasteiger partial charge in [-0.2, -0.15) is 0 Å². The monoisotopic (exact) mass is 242 g/mol. The molecule has 4 nitrogen and oxygen atoms in total. The molecule has 0 bridgehead atoms. The van der Waals surface area contributed by atoms with E-state index in [1.54, 1.807) is 0 Å². The second-order valence-electron chi connectivity index (χ2n) is 5.09. The molecule has 1 saturated heterocycles. The van der Waals surface area contributed by atoms with Gasteiger partial charge in [-0.1, -0.05) is 13.3 Å². The SMILES string of the molecule is CCCCN(CC1CCCN1)C(C)CC(=O)O. The van der Waals surface area contributed by atoms with E-state index in [0.717, 1.165) is 32.5 Å². The highest BCUT2D eigenvalue weighted by Crippen LogP contribution is 2.12. The van der Waals surface area contributed by atoms with E-state index in [-0.39, 0.29) is 12.5 Å². The van der Waals surface area contributed by atoms with Gasteiger partial charge in [-0.3, -0.25) is 9.69 Å². The Morgan fingerprint density at radius 2 is 2.35 bits per heavy atom. The van der Waals surface area contributed by atoms with Crippen LogP contribution in [0.3, 0.4) is 0 Å². The van der Waals surface area contributed by atoms with Gasteiger partial charge in [0, 0.05) is 18.6 Å². The summed E-state index contributed by atoms with van der Waals surface area (Å²) in [6.45, 7) is 7.32.